The fourth-order valence-corrected chi connectivity index (χ4v) is 13.9. The van der Waals surface area contributed by atoms with Crippen molar-refractivity contribution in [1.82, 2.24) is 0 Å². The highest BCUT2D eigenvalue weighted by Crippen LogP contribution is 2.21. The molecule has 0 heterocycles. The third-order valence-corrected chi connectivity index (χ3v) is 20.7. The highest BCUT2D eigenvalue weighted by Gasteiger charge is 2.25. The molecule has 1 N–H and O–H groups in total. The summed E-state index contributed by atoms with van der Waals surface area (Å²) in [4.78, 5) is 37.8. The minimum absolute atomic E-state index is 0.177. The van der Waals surface area contributed by atoms with Crippen LogP contribution >= 0.6 is 0 Å². The van der Waals surface area contributed by atoms with Gasteiger partial charge in [-0.3, -0.25) is 9.59 Å². The molecule has 0 fully saturated rings. The molecule has 0 bridgehead atoms. The van der Waals surface area contributed by atoms with Crippen molar-refractivity contribution in [2.24, 2.45) is 0 Å². The van der Waals surface area contributed by atoms with Crippen molar-refractivity contribution < 1.29 is 42.9 Å². The molecular formula is C95H176NO8+. The highest BCUT2D eigenvalue weighted by atomic mass is 16.7. The lowest BCUT2D eigenvalue weighted by Crippen LogP contribution is -2.40. The quantitative estimate of drug-likeness (QED) is 0.0211. The lowest BCUT2D eigenvalue weighted by Gasteiger charge is -2.25. The first kappa shape index (κ1) is 101. The Balaban J connectivity index is 3.90. The normalized spacial score (nSPS) is 12.9. The maximum Gasteiger partial charge on any atom is 0.361 e. The number of carboxylic acids is 1. The topological polar surface area (TPSA) is 108 Å². The maximum absolute atomic E-state index is 13.0. The standard InChI is InChI=1S/C95H175NO8/c1-6-8-10-12-14-16-18-20-22-24-26-28-30-32-34-36-38-40-42-44-46-48-49-51-53-55-57-59-61-63-65-67-69-71-73-75-77-79-81-83-85-92(97)102-89-91(90-103-95(94(99)100)101-88-87-96(3,4)5)104-93(98)86-84-82-80-78-76-74-72-70-68-66-64-62-60-58-56-54-52-50-47-45-43-41-39-37-35-33-31-29-27-25-23-21-19-17-15-13-11-9-7-2/h9,11,15,17,21,23,27,29,33,35,39,41,91,95H,6-8,10,12-14,16,18-20,22,24-26,28,30-32,34,36-38,40,42-90H2,1-5H3/p+1/b11-9-,17-15-,23-21-,29-27-,35-33-,41-39-. The summed E-state index contributed by atoms with van der Waals surface area (Å²) in [6, 6.07) is 0. The average molecular weight is 1460 g/mol. The lowest BCUT2D eigenvalue weighted by atomic mass is 10.0. The number of likely N-dealkylation sites (N-methyl/N-ethyl adjacent to an activating group) is 1. The van der Waals surface area contributed by atoms with Crippen LogP contribution in [-0.2, 0) is 33.3 Å². The first-order chi connectivity index (χ1) is 51.1. The molecule has 9 nitrogen and oxygen atoms in total. The van der Waals surface area contributed by atoms with E-state index in [2.05, 4.69) is 86.8 Å². The fraction of sp³-hybridized carbons (Fsp3) is 0.842. The number of carbonyl (C=O) groups is 3. The summed E-state index contributed by atoms with van der Waals surface area (Å²) < 4.78 is 23.1. The molecular weight excluding hydrogens is 1280 g/mol. The van der Waals surface area contributed by atoms with Gasteiger partial charge in [0, 0.05) is 12.8 Å². The number of esters is 2. The number of hydrogen-bond acceptors (Lipinski definition) is 7. The number of carboxylic acid groups (broad SMARTS) is 1. The molecule has 0 spiro atoms. The van der Waals surface area contributed by atoms with Gasteiger partial charge in [0.05, 0.1) is 34.4 Å². The molecule has 0 rings (SSSR count). The zero-order valence-corrected chi connectivity index (χ0v) is 70.0. The molecule has 0 aliphatic rings. The van der Waals surface area contributed by atoms with E-state index in [1.54, 1.807) is 0 Å². The summed E-state index contributed by atoms with van der Waals surface area (Å²) in [5.41, 5.74) is 0. The molecule has 0 aliphatic carbocycles. The Hall–Kier alpha value is -3.27. The SMILES string of the molecule is CC/C=C\C/C=C\C/C=C\C/C=C\C/C=C\C/C=C\CCCCCCCCCCCCCCCCCCCCCCC(=O)OC(COC(=O)CCCCCCCCCCCCCCCCCCCCCCCCCCCCCCCCCCCCCCCCCC)COC(OCC[N+](C)(C)C)C(=O)O. The van der Waals surface area contributed by atoms with Crippen molar-refractivity contribution in [3.63, 3.8) is 0 Å². The van der Waals surface area contributed by atoms with Crippen LogP contribution in [0.4, 0.5) is 0 Å². The summed E-state index contributed by atoms with van der Waals surface area (Å²) in [5.74, 6) is -1.97. The van der Waals surface area contributed by atoms with Gasteiger partial charge in [-0.15, -0.1) is 0 Å². The minimum Gasteiger partial charge on any atom is -0.477 e. The zero-order chi connectivity index (χ0) is 75.3. The predicted octanol–water partition coefficient (Wildman–Crippen LogP) is 29.9. The van der Waals surface area contributed by atoms with Gasteiger partial charge in [-0.2, -0.15) is 0 Å². The molecule has 0 aliphatic heterocycles. The number of unbranched alkanes of at least 4 members (excludes halogenated alkanes) is 59. The van der Waals surface area contributed by atoms with Gasteiger partial charge in [0.25, 0.3) is 6.29 Å². The monoisotopic (exact) mass is 1460 g/mol. The van der Waals surface area contributed by atoms with Gasteiger partial charge >= 0.3 is 17.9 Å². The zero-order valence-electron chi connectivity index (χ0n) is 70.0. The number of nitrogens with zero attached hydrogens (tertiary/aromatic N) is 1. The Bertz CT molecular complexity index is 1950. The van der Waals surface area contributed by atoms with E-state index in [1.807, 2.05) is 21.1 Å². The summed E-state index contributed by atoms with van der Waals surface area (Å²) in [6.45, 7) is 4.84. The number of rotatable bonds is 86. The average Bonchev–Trinajstić information content (AvgIpc) is 1.13. The summed E-state index contributed by atoms with van der Waals surface area (Å²) >= 11 is 0. The van der Waals surface area contributed by atoms with Crippen LogP contribution in [0.15, 0.2) is 72.9 Å². The lowest BCUT2D eigenvalue weighted by molar-refractivity contribution is -0.870. The number of ether oxygens (including phenoxy) is 4. The van der Waals surface area contributed by atoms with Crippen molar-refractivity contribution in [3.05, 3.63) is 72.9 Å². The van der Waals surface area contributed by atoms with Crippen LogP contribution in [-0.4, -0.2) is 87.4 Å². The molecule has 0 aromatic carbocycles. The Morgan fingerprint density at radius 3 is 0.817 bits per heavy atom. The van der Waals surface area contributed by atoms with E-state index in [0.717, 1.165) is 77.0 Å². The fourth-order valence-electron chi connectivity index (χ4n) is 13.9. The van der Waals surface area contributed by atoms with Crippen LogP contribution in [0.2, 0.25) is 0 Å². The van der Waals surface area contributed by atoms with Gasteiger partial charge in [-0.1, -0.05) is 453 Å². The van der Waals surface area contributed by atoms with E-state index in [9.17, 15) is 19.5 Å². The van der Waals surface area contributed by atoms with Crippen molar-refractivity contribution in [3.8, 4) is 0 Å². The van der Waals surface area contributed by atoms with Gasteiger partial charge in [-0.25, -0.2) is 4.79 Å². The van der Waals surface area contributed by atoms with Crippen LogP contribution in [0, 0.1) is 0 Å². The van der Waals surface area contributed by atoms with Crippen LogP contribution in [0.25, 0.3) is 0 Å². The van der Waals surface area contributed by atoms with Gasteiger partial charge < -0.3 is 28.5 Å². The largest absolute Gasteiger partial charge is 0.477 e. The van der Waals surface area contributed by atoms with E-state index < -0.39 is 18.4 Å². The molecule has 0 aromatic heterocycles. The Morgan fingerprint density at radius 1 is 0.298 bits per heavy atom. The predicted molar refractivity (Wildman–Crippen MR) is 452 cm³/mol. The first-order valence-corrected chi connectivity index (χ1v) is 45.6. The third-order valence-electron chi connectivity index (χ3n) is 20.7. The summed E-state index contributed by atoms with van der Waals surface area (Å²) in [6.07, 6.45) is 114. The second kappa shape index (κ2) is 85.3. The highest BCUT2D eigenvalue weighted by molar-refractivity contribution is 5.71. The Morgan fingerprint density at radius 2 is 0.548 bits per heavy atom. The van der Waals surface area contributed by atoms with Crippen LogP contribution in [0.3, 0.4) is 0 Å². The minimum atomic E-state index is -1.51. The Kier molecular flexibility index (Phi) is 82.7. The van der Waals surface area contributed by atoms with E-state index in [-0.39, 0.29) is 38.2 Å². The van der Waals surface area contributed by atoms with E-state index in [4.69, 9.17) is 18.9 Å². The molecule has 2 unspecified atom stereocenters. The summed E-state index contributed by atoms with van der Waals surface area (Å²) in [7, 11) is 6.00. The van der Waals surface area contributed by atoms with E-state index in [1.165, 1.54) is 353 Å². The molecule has 608 valence electrons. The van der Waals surface area contributed by atoms with Crippen LogP contribution < -0.4 is 0 Å². The van der Waals surface area contributed by atoms with Crippen molar-refractivity contribution >= 4 is 17.9 Å². The van der Waals surface area contributed by atoms with E-state index >= 15 is 0 Å². The second-order valence-corrected chi connectivity index (χ2v) is 32.2. The molecule has 0 saturated carbocycles. The van der Waals surface area contributed by atoms with Crippen molar-refractivity contribution in [2.75, 3.05) is 47.5 Å². The maximum atomic E-state index is 13.0. The van der Waals surface area contributed by atoms with Gasteiger partial charge in [0.1, 0.15) is 13.2 Å². The van der Waals surface area contributed by atoms with Crippen molar-refractivity contribution in [1.29, 1.82) is 0 Å². The molecule has 9 heteroatoms. The molecule has 104 heavy (non-hydrogen) atoms. The number of hydrogen-bond donors (Lipinski definition) is 1. The number of carbonyl (C=O) groups excluding carboxylic acids is 2. The second-order valence-electron chi connectivity index (χ2n) is 32.2. The first-order valence-electron chi connectivity index (χ1n) is 45.6. The van der Waals surface area contributed by atoms with Gasteiger partial charge in [-0.05, 0) is 64.2 Å². The molecule has 2 atom stereocenters. The number of quaternary nitrogens is 1. The smallest absolute Gasteiger partial charge is 0.361 e. The van der Waals surface area contributed by atoms with E-state index in [0.29, 0.717) is 17.4 Å². The molecule has 0 radical (unpaired) electrons. The molecule has 0 saturated heterocycles. The van der Waals surface area contributed by atoms with Gasteiger partial charge in [0.15, 0.2) is 6.10 Å². The number of allylic oxidation sites excluding steroid dienone is 12. The van der Waals surface area contributed by atoms with Gasteiger partial charge in [0.2, 0.25) is 0 Å². The number of aliphatic carboxylic acids is 1. The third kappa shape index (κ3) is 86.0. The molecule has 0 amide bonds. The summed E-state index contributed by atoms with van der Waals surface area (Å²) in [5, 5.41) is 9.80. The van der Waals surface area contributed by atoms with Crippen LogP contribution in [0.1, 0.15) is 457 Å². The van der Waals surface area contributed by atoms with Crippen molar-refractivity contribution in [2.45, 2.75) is 469 Å². The molecule has 0 aromatic rings. The Labute approximate surface area is 647 Å². The van der Waals surface area contributed by atoms with Crippen LogP contribution in [0.5, 0.6) is 0 Å².